The summed E-state index contributed by atoms with van der Waals surface area (Å²) in [5.41, 5.74) is 0. The molecule has 0 saturated heterocycles. The van der Waals surface area contributed by atoms with Crippen molar-refractivity contribution in [2.45, 2.75) is 57.4 Å². The van der Waals surface area contributed by atoms with Gasteiger partial charge in [-0.05, 0) is 60.4 Å². The van der Waals surface area contributed by atoms with Gasteiger partial charge in [0.2, 0.25) is 0 Å². The van der Waals surface area contributed by atoms with Crippen molar-refractivity contribution in [3.05, 3.63) is 16.5 Å². The normalized spacial score (nSPS) is 28.1. The number of rotatable bonds is 3. The zero-order valence-electron chi connectivity index (χ0n) is 10.8. The fourth-order valence-electron chi connectivity index (χ4n) is 2.65. The largest absolute Gasteiger partial charge is 0.367 e. The summed E-state index contributed by atoms with van der Waals surface area (Å²) in [4.78, 5) is 9.12. The van der Waals surface area contributed by atoms with Crippen LogP contribution in [0.2, 0.25) is 0 Å². The molecule has 98 valence electrons. The minimum Gasteiger partial charge on any atom is -0.367 e. The molecule has 0 aliphatic heterocycles. The molecule has 2 saturated carbocycles. The summed E-state index contributed by atoms with van der Waals surface area (Å²) in [5, 5.41) is 3.58. The summed E-state index contributed by atoms with van der Waals surface area (Å²) in [7, 11) is 0. The highest BCUT2D eigenvalue weighted by atomic mass is 79.9. The number of halogens is 1. The molecule has 1 aromatic rings. The Hall–Kier alpha value is -0.640. The van der Waals surface area contributed by atoms with Gasteiger partial charge in [0, 0.05) is 18.0 Å². The molecule has 0 atom stereocenters. The first-order chi connectivity index (χ1) is 8.70. The van der Waals surface area contributed by atoms with E-state index in [4.69, 9.17) is 0 Å². The number of aromatic nitrogens is 2. The molecule has 18 heavy (non-hydrogen) atoms. The number of nitrogens with zero attached hydrogens (tertiary/aromatic N) is 2. The van der Waals surface area contributed by atoms with Crippen molar-refractivity contribution < 1.29 is 0 Å². The lowest BCUT2D eigenvalue weighted by molar-refractivity contribution is 0.360. The number of nitrogens with one attached hydrogen (secondary N) is 1. The van der Waals surface area contributed by atoms with Crippen molar-refractivity contribution in [1.29, 1.82) is 0 Å². The third-order valence-corrected chi connectivity index (χ3v) is 4.43. The Labute approximate surface area is 117 Å². The third kappa shape index (κ3) is 3.02. The van der Waals surface area contributed by atoms with Crippen LogP contribution >= 0.6 is 15.9 Å². The number of hydrogen-bond donors (Lipinski definition) is 1. The van der Waals surface area contributed by atoms with Gasteiger partial charge in [0.1, 0.15) is 16.2 Å². The van der Waals surface area contributed by atoms with Gasteiger partial charge in [-0.1, -0.05) is 6.92 Å². The molecule has 4 heteroatoms. The van der Waals surface area contributed by atoms with Crippen molar-refractivity contribution in [2.75, 3.05) is 5.32 Å². The highest BCUT2D eigenvalue weighted by molar-refractivity contribution is 9.10. The molecule has 2 aliphatic rings. The molecule has 1 aromatic heterocycles. The molecule has 0 aromatic carbocycles. The minimum absolute atomic E-state index is 0.593. The summed E-state index contributed by atoms with van der Waals surface area (Å²) in [6.07, 6.45) is 7.69. The average molecular weight is 310 g/mol. The highest BCUT2D eigenvalue weighted by Gasteiger charge is 2.27. The van der Waals surface area contributed by atoms with E-state index in [2.05, 4.69) is 38.1 Å². The zero-order valence-corrected chi connectivity index (χ0v) is 12.4. The predicted molar refractivity (Wildman–Crippen MR) is 76.7 cm³/mol. The summed E-state index contributed by atoms with van der Waals surface area (Å²) in [5.74, 6) is 3.51. The molecule has 1 N–H and O–H groups in total. The van der Waals surface area contributed by atoms with E-state index in [-0.39, 0.29) is 0 Å². The Balaban J connectivity index is 1.68. The van der Waals surface area contributed by atoms with Crippen LogP contribution in [0, 0.1) is 5.92 Å². The standard InChI is InChI=1S/C14H20BrN3/c1-9-2-6-11(7-3-9)16-13-8-12(15)17-14(18-13)10-4-5-10/h8-11H,2-7H2,1H3,(H,16,17,18). The maximum absolute atomic E-state index is 4.66. The van der Waals surface area contributed by atoms with E-state index in [0.29, 0.717) is 12.0 Å². The third-order valence-electron chi connectivity index (χ3n) is 4.02. The summed E-state index contributed by atoms with van der Waals surface area (Å²) >= 11 is 3.49. The Kier molecular flexibility index (Phi) is 3.55. The van der Waals surface area contributed by atoms with E-state index in [1.165, 1.54) is 38.5 Å². The van der Waals surface area contributed by atoms with Crippen molar-refractivity contribution >= 4 is 21.7 Å². The summed E-state index contributed by atoms with van der Waals surface area (Å²) in [6.45, 7) is 2.35. The van der Waals surface area contributed by atoms with Gasteiger partial charge in [0.15, 0.2) is 0 Å². The van der Waals surface area contributed by atoms with Gasteiger partial charge >= 0.3 is 0 Å². The predicted octanol–water partition coefficient (Wildman–Crippen LogP) is 4.11. The van der Waals surface area contributed by atoms with Gasteiger partial charge in [-0.15, -0.1) is 0 Å². The van der Waals surface area contributed by atoms with Crippen molar-refractivity contribution in [2.24, 2.45) is 5.92 Å². The van der Waals surface area contributed by atoms with Crippen LogP contribution in [-0.4, -0.2) is 16.0 Å². The summed E-state index contributed by atoms with van der Waals surface area (Å²) in [6, 6.07) is 2.60. The Morgan fingerprint density at radius 1 is 1.11 bits per heavy atom. The second kappa shape index (κ2) is 5.16. The molecule has 1 heterocycles. The molecule has 0 radical (unpaired) electrons. The van der Waals surface area contributed by atoms with Crippen LogP contribution in [0.5, 0.6) is 0 Å². The van der Waals surface area contributed by atoms with E-state index in [0.717, 1.165) is 22.2 Å². The molecular weight excluding hydrogens is 290 g/mol. The lowest BCUT2D eigenvalue weighted by Gasteiger charge is -2.27. The molecule has 0 amide bonds. The number of hydrogen-bond acceptors (Lipinski definition) is 3. The number of anilines is 1. The quantitative estimate of drug-likeness (QED) is 0.854. The van der Waals surface area contributed by atoms with E-state index >= 15 is 0 Å². The van der Waals surface area contributed by atoms with Gasteiger partial charge < -0.3 is 5.32 Å². The Morgan fingerprint density at radius 2 is 1.83 bits per heavy atom. The average Bonchev–Trinajstić information content (AvgIpc) is 3.15. The molecule has 0 unspecified atom stereocenters. The lowest BCUT2D eigenvalue weighted by Crippen LogP contribution is -2.25. The van der Waals surface area contributed by atoms with Gasteiger partial charge in [0.05, 0.1) is 0 Å². The first-order valence-corrected chi connectivity index (χ1v) is 7.81. The first-order valence-electron chi connectivity index (χ1n) is 7.01. The van der Waals surface area contributed by atoms with E-state index in [1.807, 2.05) is 6.07 Å². The molecule has 2 aliphatic carbocycles. The van der Waals surface area contributed by atoms with Crippen molar-refractivity contribution in [3.8, 4) is 0 Å². The summed E-state index contributed by atoms with van der Waals surface area (Å²) < 4.78 is 0.908. The van der Waals surface area contributed by atoms with Gasteiger partial charge in [-0.2, -0.15) is 0 Å². The lowest BCUT2D eigenvalue weighted by atomic mass is 9.87. The minimum atomic E-state index is 0.593. The van der Waals surface area contributed by atoms with Crippen LogP contribution < -0.4 is 5.32 Å². The zero-order chi connectivity index (χ0) is 12.5. The highest BCUT2D eigenvalue weighted by Crippen LogP contribution is 2.39. The molecule has 0 spiro atoms. The Bertz CT molecular complexity index is 423. The van der Waals surface area contributed by atoms with Gasteiger partial charge in [-0.3, -0.25) is 0 Å². The molecule has 3 nitrogen and oxygen atoms in total. The van der Waals surface area contributed by atoms with Crippen LogP contribution in [0.25, 0.3) is 0 Å². The molecule has 3 rings (SSSR count). The van der Waals surface area contributed by atoms with Crippen LogP contribution in [0.3, 0.4) is 0 Å². The van der Waals surface area contributed by atoms with Crippen molar-refractivity contribution in [3.63, 3.8) is 0 Å². The van der Waals surface area contributed by atoms with E-state index in [1.54, 1.807) is 0 Å². The maximum Gasteiger partial charge on any atom is 0.135 e. The van der Waals surface area contributed by atoms with E-state index in [9.17, 15) is 0 Å². The van der Waals surface area contributed by atoms with Crippen LogP contribution in [0.1, 0.15) is 57.2 Å². The monoisotopic (exact) mass is 309 g/mol. The van der Waals surface area contributed by atoms with Gasteiger partial charge in [0.25, 0.3) is 0 Å². The van der Waals surface area contributed by atoms with Crippen LogP contribution in [0.4, 0.5) is 5.82 Å². The maximum atomic E-state index is 4.66. The first kappa shape index (κ1) is 12.4. The SMILES string of the molecule is CC1CCC(Nc2cc(Br)nc(C3CC3)n2)CC1. The topological polar surface area (TPSA) is 37.8 Å². The second-order valence-corrected chi connectivity index (χ2v) is 6.62. The van der Waals surface area contributed by atoms with Crippen molar-refractivity contribution in [1.82, 2.24) is 9.97 Å². The van der Waals surface area contributed by atoms with Gasteiger partial charge in [-0.25, -0.2) is 9.97 Å². The smallest absolute Gasteiger partial charge is 0.135 e. The van der Waals surface area contributed by atoms with E-state index < -0.39 is 0 Å². The second-order valence-electron chi connectivity index (χ2n) is 5.81. The molecule has 0 bridgehead atoms. The molecule has 2 fully saturated rings. The Morgan fingerprint density at radius 3 is 2.50 bits per heavy atom. The fraction of sp³-hybridized carbons (Fsp3) is 0.714. The van der Waals surface area contributed by atoms with Crippen LogP contribution in [0.15, 0.2) is 10.7 Å². The fourth-order valence-corrected chi connectivity index (χ4v) is 3.05. The van der Waals surface area contributed by atoms with Crippen LogP contribution in [-0.2, 0) is 0 Å². The molecular formula is C14H20BrN3.